The van der Waals surface area contributed by atoms with Crippen LogP contribution in [0, 0.1) is 11.8 Å². The molecule has 11 rings (SSSR count). The molecule has 264 valence electrons. The molecule has 0 aliphatic heterocycles. The van der Waals surface area contributed by atoms with Crippen molar-refractivity contribution in [2.24, 2.45) is 11.8 Å². The first kappa shape index (κ1) is 32.1. The Morgan fingerprint density at radius 2 is 0.800 bits per heavy atom. The largest absolute Gasteiger partial charge is 0.310 e. The van der Waals surface area contributed by atoms with Crippen molar-refractivity contribution in [3.63, 3.8) is 0 Å². The van der Waals surface area contributed by atoms with Crippen LogP contribution in [-0.4, -0.2) is 0 Å². The van der Waals surface area contributed by atoms with Gasteiger partial charge in [0, 0.05) is 28.2 Å². The monoisotopic (exact) mass is 706 g/mol. The number of hydrogen-bond donors (Lipinski definition) is 0. The summed E-state index contributed by atoms with van der Waals surface area (Å²) in [4.78, 5) is 5.06. The summed E-state index contributed by atoms with van der Waals surface area (Å²) >= 11 is 0. The predicted octanol–water partition coefficient (Wildman–Crippen LogP) is 13.9. The summed E-state index contributed by atoms with van der Waals surface area (Å²) in [5, 5.41) is 2.54. The van der Waals surface area contributed by atoms with Crippen molar-refractivity contribution in [1.82, 2.24) is 0 Å². The van der Waals surface area contributed by atoms with Crippen LogP contribution in [0.1, 0.15) is 35.1 Å². The second-order valence-electron chi connectivity index (χ2n) is 15.7. The highest BCUT2D eigenvalue weighted by molar-refractivity contribution is 5.89. The fourth-order valence-corrected chi connectivity index (χ4v) is 10.8. The Labute approximate surface area is 324 Å². The third-order valence-corrected chi connectivity index (χ3v) is 12.9. The minimum absolute atomic E-state index is 0.0856. The third-order valence-electron chi connectivity index (χ3n) is 12.9. The van der Waals surface area contributed by atoms with E-state index in [1.165, 1.54) is 85.6 Å². The van der Waals surface area contributed by atoms with Gasteiger partial charge in [0.1, 0.15) is 0 Å². The normalized spacial score (nSPS) is 19.1. The standard InChI is InChI=1S/C53H42N2/c1-4-18-45(19-5-1)54(46-20-6-2-7-21-46)49-24-12-16-41-35-43-30-31-44-36-42-17-13-25-50(52(42)53(43,44)51(41)49)55(47-22-8-3-9-23-47)48-32-28-38(29-33-48)40-27-26-37-14-10-11-15-39(37)34-40/h1-29,32-34,43-44H,30-31,35-36H2. The Bertz CT molecular complexity index is 2620. The summed E-state index contributed by atoms with van der Waals surface area (Å²) in [7, 11) is 0. The van der Waals surface area contributed by atoms with Gasteiger partial charge in [-0.05, 0) is 148 Å². The molecule has 2 heteroatoms. The van der Waals surface area contributed by atoms with E-state index in [0.29, 0.717) is 11.8 Å². The molecule has 3 aliphatic rings. The van der Waals surface area contributed by atoms with Gasteiger partial charge in [0.05, 0.1) is 11.4 Å². The zero-order valence-electron chi connectivity index (χ0n) is 30.9. The molecule has 2 nitrogen and oxygen atoms in total. The number of fused-ring (bicyclic) bond motifs is 3. The van der Waals surface area contributed by atoms with E-state index in [-0.39, 0.29) is 5.41 Å². The van der Waals surface area contributed by atoms with E-state index in [1.807, 2.05) is 0 Å². The fraction of sp³-hybridized carbons (Fsp3) is 0.132. The molecule has 8 aromatic rings. The maximum absolute atomic E-state index is 2.54. The van der Waals surface area contributed by atoms with Crippen LogP contribution in [0.4, 0.5) is 34.1 Å². The first-order valence-electron chi connectivity index (χ1n) is 19.9. The number of anilines is 6. The molecule has 0 N–H and O–H groups in total. The van der Waals surface area contributed by atoms with Gasteiger partial charge < -0.3 is 9.80 Å². The van der Waals surface area contributed by atoms with E-state index in [0.717, 1.165) is 12.8 Å². The molecule has 1 fully saturated rings. The molecule has 0 amide bonds. The molecule has 8 aromatic carbocycles. The van der Waals surface area contributed by atoms with Crippen molar-refractivity contribution in [1.29, 1.82) is 0 Å². The zero-order chi connectivity index (χ0) is 36.3. The van der Waals surface area contributed by atoms with Gasteiger partial charge in [0.2, 0.25) is 0 Å². The Balaban J connectivity index is 1.11. The number of rotatable bonds is 7. The first-order valence-corrected chi connectivity index (χ1v) is 19.9. The molecule has 3 aliphatic carbocycles. The van der Waals surface area contributed by atoms with Crippen LogP contribution in [0.3, 0.4) is 0 Å². The van der Waals surface area contributed by atoms with Crippen molar-refractivity contribution in [2.75, 3.05) is 9.80 Å². The van der Waals surface area contributed by atoms with Gasteiger partial charge in [-0.3, -0.25) is 0 Å². The van der Waals surface area contributed by atoms with Crippen molar-refractivity contribution < 1.29 is 0 Å². The minimum atomic E-state index is -0.0856. The second-order valence-corrected chi connectivity index (χ2v) is 15.7. The molecule has 0 radical (unpaired) electrons. The first-order chi connectivity index (χ1) is 27.3. The van der Waals surface area contributed by atoms with Gasteiger partial charge in [0.15, 0.2) is 0 Å². The van der Waals surface area contributed by atoms with E-state index >= 15 is 0 Å². The van der Waals surface area contributed by atoms with Crippen molar-refractivity contribution in [2.45, 2.75) is 31.1 Å². The van der Waals surface area contributed by atoms with Gasteiger partial charge in [-0.2, -0.15) is 0 Å². The molecule has 0 bridgehead atoms. The SMILES string of the molecule is c1ccc(N(c2ccccc2)c2cccc3c2C24c5c(cccc5N(c5ccccc5)c5ccc(-c6ccc7ccccc7c6)cc5)CC2CCC4C3)cc1. The maximum Gasteiger partial charge on any atom is 0.0505 e. The van der Waals surface area contributed by atoms with Crippen LogP contribution in [0.5, 0.6) is 0 Å². The molecule has 3 unspecified atom stereocenters. The van der Waals surface area contributed by atoms with Gasteiger partial charge >= 0.3 is 0 Å². The lowest BCUT2D eigenvalue weighted by Gasteiger charge is -2.40. The number of hydrogen-bond acceptors (Lipinski definition) is 2. The average Bonchev–Trinajstić information content (AvgIpc) is 3.89. The molecule has 0 heterocycles. The van der Waals surface area contributed by atoms with Gasteiger partial charge in [-0.1, -0.05) is 127 Å². The van der Waals surface area contributed by atoms with E-state index in [2.05, 4.69) is 204 Å². The van der Waals surface area contributed by atoms with E-state index < -0.39 is 0 Å². The van der Waals surface area contributed by atoms with E-state index in [1.54, 1.807) is 5.56 Å². The topological polar surface area (TPSA) is 6.48 Å². The Hall–Kier alpha value is -6.38. The molecule has 0 aromatic heterocycles. The summed E-state index contributed by atoms with van der Waals surface area (Å²) in [6.45, 7) is 0. The average molecular weight is 707 g/mol. The fourth-order valence-electron chi connectivity index (χ4n) is 10.8. The quantitative estimate of drug-likeness (QED) is 0.163. The lowest BCUT2D eigenvalue weighted by Crippen LogP contribution is -2.34. The number of benzene rings is 8. The Morgan fingerprint density at radius 1 is 0.364 bits per heavy atom. The van der Waals surface area contributed by atoms with Crippen molar-refractivity contribution in [3.05, 3.63) is 216 Å². The molecular weight excluding hydrogens is 665 g/mol. The summed E-state index contributed by atoms with van der Waals surface area (Å²) in [5.74, 6) is 1.11. The highest BCUT2D eigenvalue weighted by Crippen LogP contribution is 2.68. The Morgan fingerprint density at radius 3 is 1.31 bits per heavy atom. The van der Waals surface area contributed by atoms with Crippen molar-refractivity contribution in [3.8, 4) is 11.1 Å². The molecule has 1 spiro atoms. The molecule has 0 saturated heterocycles. The molecule has 3 atom stereocenters. The van der Waals surface area contributed by atoms with Crippen LogP contribution in [0.25, 0.3) is 21.9 Å². The number of para-hydroxylation sites is 3. The van der Waals surface area contributed by atoms with Crippen LogP contribution < -0.4 is 9.80 Å². The van der Waals surface area contributed by atoms with E-state index in [9.17, 15) is 0 Å². The summed E-state index contributed by atoms with van der Waals surface area (Å²) in [5.41, 5.74) is 15.9. The third kappa shape index (κ3) is 5.01. The van der Waals surface area contributed by atoms with Gasteiger partial charge in [-0.25, -0.2) is 0 Å². The van der Waals surface area contributed by atoms with Gasteiger partial charge in [0.25, 0.3) is 0 Å². The molecular formula is C53H42N2. The molecule has 55 heavy (non-hydrogen) atoms. The number of nitrogens with zero attached hydrogens (tertiary/aromatic N) is 2. The smallest absolute Gasteiger partial charge is 0.0505 e. The van der Waals surface area contributed by atoms with Crippen molar-refractivity contribution >= 4 is 44.9 Å². The second kappa shape index (κ2) is 12.9. The zero-order valence-corrected chi connectivity index (χ0v) is 30.9. The van der Waals surface area contributed by atoms with E-state index in [4.69, 9.17) is 0 Å². The highest BCUT2D eigenvalue weighted by Gasteiger charge is 2.62. The lowest BCUT2D eigenvalue weighted by atomic mass is 9.68. The predicted molar refractivity (Wildman–Crippen MR) is 230 cm³/mol. The van der Waals surface area contributed by atoms with Crippen LogP contribution >= 0.6 is 0 Å². The molecule has 1 saturated carbocycles. The van der Waals surface area contributed by atoms with Crippen LogP contribution in [0.2, 0.25) is 0 Å². The van der Waals surface area contributed by atoms with Gasteiger partial charge in [-0.15, -0.1) is 0 Å². The Kier molecular flexibility index (Phi) is 7.52. The minimum Gasteiger partial charge on any atom is -0.310 e. The van der Waals surface area contributed by atoms with Crippen LogP contribution in [0.15, 0.2) is 194 Å². The van der Waals surface area contributed by atoms with Crippen LogP contribution in [-0.2, 0) is 18.3 Å². The lowest BCUT2D eigenvalue weighted by molar-refractivity contribution is 0.350. The summed E-state index contributed by atoms with van der Waals surface area (Å²) < 4.78 is 0. The summed E-state index contributed by atoms with van der Waals surface area (Å²) in [6, 6.07) is 71.9. The summed E-state index contributed by atoms with van der Waals surface area (Å²) in [6.07, 6.45) is 4.76. The maximum atomic E-state index is 2.54. The highest BCUT2D eigenvalue weighted by atomic mass is 15.2.